The number of hydrogen-bond acceptors (Lipinski definition) is 2. The van der Waals surface area contributed by atoms with Crippen molar-refractivity contribution in [3.8, 4) is 0 Å². The highest BCUT2D eigenvalue weighted by atomic mass is 35.5. The fourth-order valence-corrected chi connectivity index (χ4v) is 1.97. The Kier molecular flexibility index (Phi) is 5.93. The van der Waals surface area contributed by atoms with E-state index in [4.69, 9.17) is 23.2 Å². The van der Waals surface area contributed by atoms with Crippen molar-refractivity contribution in [1.82, 2.24) is 10.2 Å². The first-order valence-corrected chi connectivity index (χ1v) is 6.59. The van der Waals surface area contributed by atoms with Crippen LogP contribution in [0.3, 0.4) is 0 Å². The summed E-state index contributed by atoms with van der Waals surface area (Å²) in [4.78, 5) is 13.7. The van der Waals surface area contributed by atoms with Crippen molar-refractivity contribution in [3.63, 3.8) is 0 Å². The minimum absolute atomic E-state index is 0.0681. The minimum atomic E-state index is 0.0681. The zero-order chi connectivity index (χ0) is 13.7. The summed E-state index contributed by atoms with van der Waals surface area (Å²) in [5.74, 6) is 0.0681. The Labute approximate surface area is 118 Å². The van der Waals surface area contributed by atoms with E-state index < -0.39 is 0 Å². The van der Waals surface area contributed by atoms with Crippen molar-refractivity contribution in [2.45, 2.75) is 26.4 Å². The number of carbonyl (C=O) groups is 1. The molecule has 1 aromatic carbocycles. The van der Waals surface area contributed by atoms with Crippen LogP contribution in [0.1, 0.15) is 19.4 Å². The summed E-state index contributed by atoms with van der Waals surface area (Å²) >= 11 is 11.8. The molecular weight excluding hydrogens is 271 g/mol. The van der Waals surface area contributed by atoms with Gasteiger partial charge in [-0.05, 0) is 38.6 Å². The van der Waals surface area contributed by atoms with Gasteiger partial charge < -0.3 is 10.2 Å². The number of rotatable bonds is 5. The molecule has 0 atom stereocenters. The summed E-state index contributed by atoms with van der Waals surface area (Å²) < 4.78 is 0. The maximum atomic E-state index is 11.9. The van der Waals surface area contributed by atoms with Gasteiger partial charge in [0.2, 0.25) is 5.91 Å². The monoisotopic (exact) mass is 288 g/mol. The van der Waals surface area contributed by atoms with Crippen LogP contribution in [-0.4, -0.2) is 30.4 Å². The number of nitrogens with zero attached hydrogens (tertiary/aromatic N) is 1. The van der Waals surface area contributed by atoms with Gasteiger partial charge in [0.15, 0.2) is 0 Å². The molecule has 0 unspecified atom stereocenters. The smallest absolute Gasteiger partial charge is 0.237 e. The maximum absolute atomic E-state index is 11.9. The molecule has 1 N–H and O–H groups in total. The molecule has 0 aliphatic heterocycles. The number of nitrogens with one attached hydrogen (secondary N) is 1. The highest BCUT2D eigenvalue weighted by Gasteiger charge is 2.16. The van der Waals surface area contributed by atoms with Gasteiger partial charge in [-0.3, -0.25) is 4.79 Å². The molecule has 0 bridgehead atoms. The second-order valence-electron chi connectivity index (χ2n) is 4.39. The van der Waals surface area contributed by atoms with E-state index >= 15 is 0 Å². The van der Waals surface area contributed by atoms with Crippen LogP contribution in [0.2, 0.25) is 10.0 Å². The third-order valence-electron chi connectivity index (χ3n) is 2.61. The van der Waals surface area contributed by atoms with E-state index in [0.29, 0.717) is 23.1 Å². The molecule has 0 aromatic heterocycles. The summed E-state index contributed by atoms with van der Waals surface area (Å²) in [7, 11) is 1.76. The molecule has 1 aromatic rings. The van der Waals surface area contributed by atoms with Crippen LogP contribution >= 0.6 is 23.2 Å². The van der Waals surface area contributed by atoms with Gasteiger partial charge in [0.1, 0.15) is 0 Å². The van der Waals surface area contributed by atoms with Crippen molar-refractivity contribution in [1.29, 1.82) is 0 Å². The fraction of sp³-hybridized carbons (Fsp3) is 0.462. The topological polar surface area (TPSA) is 32.3 Å². The number of likely N-dealkylation sites (N-methyl/N-ethyl adjacent to an activating group) is 1. The van der Waals surface area contributed by atoms with E-state index in [0.717, 1.165) is 5.56 Å². The lowest BCUT2D eigenvalue weighted by Crippen LogP contribution is -2.41. The zero-order valence-electron chi connectivity index (χ0n) is 10.8. The van der Waals surface area contributed by atoms with Crippen molar-refractivity contribution in [2.24, 2.45) is 0 Å². The summed E-state index contributed by atoms with van der Waals surface area (Å²) in [6, 6.07) is 5.57. The fourth-order valence-electron chi connectivity index (χ4n) is 1.65. The minimum Gasteiger partial charge on any atom is -0.335 e. The average Bonchev–Trinajstić information content (AvgIpc) is 2.30. The van der Waals surface area contributed by atoms with Crippen molar-refractivity contribution < 1.29 is 4.79 Å². The van der Waals surface area contributed by atoms with Gasteiger partial charge in [0, 0.05) is 12.6 Å². The molecule has 18 heavy (non-hydrogen) atoms. The molecule has 0 fully saturated rings. The maximum Gasteiger partial charge on any atom is 0.237 e. The molecule has 3 nitrogen and oxygen atoms in total. The molecule has 0 aliphatic carbocycles. The first kappa shape index (κ1) is 15.3. The Balaban J connectivity index is 2.83. The summed E-state index contributed by atoms with van der Waals surface area (Å²) in [5.41, 5.74) is 0.975. The van der Waals surface area contributed by atoms with Gasteiger partial charge in [0.05, 0.1) is 16.6 Å². The molecule has 0 heterocycles. The molecular formula is C13H18Cl2N2O. The number of hydrogen-bond donors (Lipinski definition) is 1. The van der Waals surface area contributed by atoms with E-state index in [9.17, 15) is 4.79 Å². The van der Waals surface area contributed by atoms with Gasteiger partial charge in [0.25, 0.3) is 0 Å². The first-order valence-electron chi connectivity index (χ1n) is 5.83. The zero-order valence-corrected chi connectivity index (χ0v) is 12.3. The Morgan fingerprint density at radius 1 is 1.33 bits per heavy atom. The van der Waals surface area contributed by atoms with Crippen molar-refractivity contribution in [2.75, 3.05) is 13.6 Å². The van der Waals surface area contributed by atoms with Gasteiger partial charge in [-0.2, -0.15) is 0 Å². The third kappa shape index (κ3) is 4.16. The molecule has 1 amide bonds. The largest absolute Gasteiger partial charge is 0.335 e. The molecule has 5 heteroatoms. The summed E-state index contributed by atoms with van der Waals surface area (Å²) in [6.45, 7) is 4.85. The second-order valence-corrected chi connectivity index (χ2v) is 5.21. The number of halogens is 2. The number of carbonyl (C=O) groups excluding carboxylic acids is 1. The van der Waals surface area contributed by atoms with Gasteiger partial charge in [-0.1, -0.05) is 29.3 Å². The lowest BCUT2D eigenvalue weighted by Gasteiger charge is -2.27. The molecule has 100 valence electrons. The summed E-state index contributed by atoms with van der Waals surface area (Å²) in [6.07, 6.45) is 0. The molecule has 0 saturated carbocycles. The molecule has 0 aliphatic rings. The standard InChI is InChI=1S/C13H18Cl2N2O/c1-9(2)17(13(18)7-16-3)8-10-4-5-11(14)12(15)6-10/h4-6,9,16H,7-8H2,1-3H3. The highest BCUT2D eigenvalue weighted by molar-refractivity contribution is 6.42. The predicted molar refractivity (Wildman–Crippen MR) is 76.1 cm³/mol. The van der Waals surface area contributed by atoms with Gasteiger partial charge in [-0.25, -0.2) is 0 Å². The van der Waals surface area contributed by atoms with E-state index in [-0.39, 0.29) is 11.9 Å². The Hall–Kier alpha value is -0.770. The Bertz CT molecular complexity index is 421. The van der Waals surface area contributed by atoms with Crippen LogP contribution in [0.4, 0.5) is 0 Å². The predicted octanol–water partition coefficient (Wildman–Crippen LogP) is 2.95. The van der Waals surface area contributed by atoms with Gasteiger partial charge >= 0.3 is 0 Å². The van der Waals surface area contributed by atoms with Crippen LogP contribution in [-0.2, 0) is 11.3 Å². The normalized spacial score (nSPS) is 10.8. The highest BCUT2D eigenvalue weighted by Crippen LogP contribution is 2.23. The molecule has 0 spiro atoms. The van der Waals surface area contributed by atoms with Crippen LogP contribution in [0.15, 0.2) is 18.2 Å². The summed E-state index contributed by atoms with van der Waals surface area (Å²) in [5, 5.41) is 3.91. The third-order valence-corrected chi connectivity index (χ3v) is 3.35. The quantitative estimate of drug-likeness (QED) is 0.904. The van der Waals surface area contributed by atoms with Crippen LogP contribution in [0.5, 0.6) is 0 Å². The van der Waals surface area contributed by atoms with E-state index in [1.54, 1.807) is 24.1 Å². The van der Waals surface area contributed by atoms with Crippen LogP contribution in [0.25, 0.3) is 0 Å². The molecule has 0 saturated heterocycles. The molecule has 1 rings (SSSR count). The second kappa shape index (κ2) is 6.98. The van der Waals surface area contributed by atoms with Crippen LogP contribution in [0, 0.1) is 0 Å². The van der Waals surface area contributed by atoms with Crippen molar-refractivity contribution in [3.05, 3.63) is 33.8 Å². The first-order chi connectivity index (χ1) is 8.45. The molecule has 0 radical (unpaired) electrons. The number of benzene rings is 1. The van der Waals surface area contributed by atoms with E-state index in [2.05, 4.69) is 5.32 Å². The lowest BCUT2D eigenvalue weighted by molar-refractivity contribution is -0.132. The SMILES string of the molecule is CNCC(=O)N(Cc1ccc(Cl)c(Cl)c1)C(C)C. The Morgan fingerprint density at radius 2 is 2.00 bits per heavy atom. The lowest BCUT2D eigenvalue weighted by atomic mass is 10.2. The Morgan fingerprint density at radius 3 is 2.50 bits per heavy atom. The van der Waals surface area contributed by atoms with Gasteiger partial charge in [-0.15, -0.1) is 0 Å². The van der Waals surface area contributed by atoms with E-state index in [1.165, 1.54) is 0 Å². The van der Waals surface area contributed by atoms with Crippen LogP contribution < -0.4 is 5.32 Å². The van der Waals surface area contributed by atoms with E-state index in [1.807, 2.05) is 19.9 Å². The average molecular weight is 289 g/mol. The number of amides is 1. The van der Waals surface area contributed by atoms with Crippen molar-refractivity contribution >= 4 is 29.1 Å².